The molecule has 1 aliphatic heterocycles. The van der Waals surface area contributed by atoms with Gasteiger partial charge in [0.2, 0.25) is 5.95 Å². The molecule has 2 amide bonds. The van der Waals surface area contributed by atoms with Crippen molar-refractivity contribution >= 4 is 46.3 Å². The van der Waals surface area contributed by atoms with Crippen molar-refractivity contribution in [3.63, 3.8) is 0 Å². The summed E-state index contributed by atoms with van der Waals surface area (Å²) >= 11 is 2.58. The van der Waals surface area contributed by atoms with Crippen molar-refractivity contribution in [2.24, 2.45) is 0 Å². The normalized spacial score (nSPS) is 21.3. The molecular formula is C25H26N6O2S2. The SMILES string of the molecule is O=C1NC(=O)/C(=C/c2ccnc(N[C@H]3CC[C@@H](NCCc4cccc(-c5ccsc5)n4)CC3)n2)S1. The van der Waals surface area contributed by atoms with E-state index in [-0.39, 0.29) is 11.1 Å². The molecule has 3 N–H and O–H groups in total. The average molecular weight is 507 g/mol. The number of carbonyl (C=O) groups excluding carboxylic acids is 2. The van der Waals surface area contributed by atoms with E-state index in [1.165, 1.54) is 5.56 Å². The molecule has 0 aromatic carbocycles. The number of anilines is 1. The van der Waals surface area contributed by atoms with Gasteiger partial charge in [-0.1, -0.05) is 6.07 Å². The van der Waals surface area contributed by atoms with Gasteiger partial charge in [-0.2, -0.15) is 11.3 Å². The molecule has 180 valence electrons. The van der Waals surface area contributed by atoms with Gasteiger partial charge < -0.3 is 10.6 Å². The number of hydrogen-bond donors (Lipinski definition) is 3. The number of amides is 2. The van der Waals surface area contributed by atoms with Crippen LogP contribution in [0, 0.1) is 0 Å². The van der Waals surface area contributed by atoms with E-state index in [2.05, 4.69) is 60.9 Å². The third-order valence-corrected chi connectivity index (χ3v) is 7.59. The van der Waals surface area contributed by atoms with Crippen LogP contribution in [0.4, 0.5) is 10.7 Å². The first kappa shape index (κ1) is 23.7. The second kappa shape index (κ2) is 11.1. The van der Waals surface area contributed by atoms with Crippen molar-refractivity contribution < 1.29 is 9.59 Å². The van der Waals surface area contributed by atoms with Crippen molar-refractivity contribution in [1.29, 1.82) is 0 Å². The number of aromatic nitrogens is 3. The molecule has 8 nitrogen and oxygen atoms in total. The van der Waals surface area contributed by atoms with Crippen LogP contribution in [0.1, 0.15) is 37.1 Å². The van der Waals surface area contributed by atoms with Gasteiger partial charge in [-0.3, -0.25) is 19.9 Å². The lowest BCUT2D eigenvalue weighted by Crippen LogP contribution is -2.38. The summed E-state index contributed by atoms with van der Waals surface area (Å²) < 4.78 is 0. The molecule has 3 aromatic heterocycles. The Labute approximate surface area is 212 Å². The Bertz CT molecular complexity index is 1220. The van der Waals surface area contributed by atoms with Crippen LogP contribution >= 0.6 is 23.1 Å². The molecule has 4 heterocycles. The monoisotopic (exact) mass is 506 g/mol. The van der Waals surface area contributed by atoms with Gasteiger partial charge in [-0.25, -0.2) is 9.97 Å². The molecule has 2 fully saturated rings. The van der Waals surface area contributed by atoms with E-state index in [1.54, 1.807) is 29.7 Å². The van der Waals surface area contributed by atoms with Gasteiger partial charge in [0, 0.05) is 47.9 Å². The molecule has 0 bridgehead atoms. The Hall–Kier alpha value is -3.08. The standard InChI is InChI=1S/C25H26N6O2S2/c32-23-22(35-25(33)31-23)14-20-9-12-27-24(30-20)29-19-6-4-17(5-7-19)26-11-8-18-2-1-3-21(28-18)16-10-13-34-15-16/h1-3,9-10,12-15,17,19,26H,4-8,11H2,(H,27,29,30)(H,31,32,33)/b22-14-/t17-,19+. The maximum atomic E-state index is 11.8. The molecule has 0 atom stereocenters. The molecular weight excluding hydrogens is 480 g/mol. The first-order chi connectivity index (χ1) is 17.1. The largest absolute Gasteiger partial charge is 0.351 e. The van der Waals surface area contributed by atoms with Crippen LogP contribution in [0.25, 0.3) is 17.3 Å². The maximum Gasteiger partial charge on any atom is 0.290 e. The third-order valence-electron chi connectivity index (χ3n) is 6.10. The summed E-state index contributed by atoms with van der Waals surface area (Å²) in [5.74, 6) is 0.159. The molecule has 3 aromatic rings. The number of hydrogen-bond acceptors (Lipinski definition) is 9. The summed E-state index contributed by atoms with van der Waals surface area (Å²) in [4.78, 5) is 37.1. The van der Waals surface area contributed by atoms with Gasteiger partial charge in [0.15, 0.2) is 0 Å². The van der Waals surface area contributed by atoms with Crippen LogP contribution in [0.15, 0.2) is 52.2 Å². The molecule has 1 saturated carbocycles. The van der Waals surface area contributed by atoms with E-state index in [0.717, 1.165) is 61.8 Å². The van der Waals surface area contributed by atoms with Gasteiger partial charge in [0.1, 0.15) is 0 Å². The topological polar surface area (TPSA) is 109 Å². The van der Waals surface area contributed by atoms with E-state index in [0.29, 0.717) is 28.6 Å². The Balaban J connectivity index is 1.07. The fourth-order valence-electron chi connectivity index (χ4n) is 4.30. The highest BCUT2D eigenvalue weighted by Gasteiger charge is 2.25. The molecule has 5 rings (SSSR count). The van der Waals surface area contributed by atoms with E-state index in [4.69, 9.17) is 4.98 Å². The number of rotatable bonds is 8. The lowest BCUT2D eigenvalue weighted by molar-refractivity contribution is -0.115. The first-order valence-corrected chi connectivity index (χ1v) is 13.4. The van der Waals surface area contributed by atoms with Crippen molar-refractivity contribution in [2.75, 3.05) is 11.9 Å². The van der Waals surface area contributed by atoms with E-state index >= 15 is 0 Å². The van der Waals surface area contributed by atoms with Crippen LogP contribution in [0.2, 0.25) is 0 Å². The minimum absolute atomic E-state index is 0.311. The molecule has 2 aliphatic rings. The van der Waals surface area contributed by atoms with Gasteiger partial charge >= 0.3 is 0 Å². The van der Waals surface area contributed by atoms with Crippen LogP contribution in [0.5, 0.6) is 0 Å². The van der Waals surface area contributed by atoms with E-state index in [1.807, 2.05) is 0 Å². The van der Waals surface area contributed by atoms with Gasteiger partial charge in [-0.05, 0) is 73.2 Å². The molecule has 1 saturated heterocycles. The number of nitrogens with one attached hydrogen (secondary N) is 3. The van der Waals surface area contributed by atoms with Crippen LogP contribution < -0.4 is 16.0 Å². The number of thiophene rings is 1. The van der Waals surface area contributed by atoms with Crippen molar-refractivity contribution in [3.05, 3.63) is 63.6 Å². The quantitative estimate of drug-likeness (QED) is 0.384. The predicted octanol–water partition coefficient (Wildman–Crippen LogP) is 4.48. The van der Waals surface area contributed by atoms with Gasteiger partial charge in [0.25, 0.3) is 11.1 Å². The Morgan fingerprint density at radius 1 is 1.06 bits per heavy atom. The van der Waals surface area contributed by atoms with E-state index < -0.39 is 0 Å². The highest BCUT2D eigenvalue weighted by molar-refractivity contribution is 8.18. The molecule has 10 heteroatoms. The summed E-state index contributed by atoms with van der Waals surface area (Å²) in [5, 5.41) is 13.2. The van der Waals surface area contributed by atoms with Crippen molar-refractivity contribution in [3.8, 4) is 11.3 Å². The summed E-state index contributed by atoms with van der Waals surface area (Å²) in [6.07, 6.45) is 8.43. The summed E-state index contributed by atoms with van der Waals surface area (Å²) in [6.45, 7) is 0.913. The minimum Gasteiger partial charge on any atom is -0.351 e. The Kier molecular flexibility index (Phi) is 7.51. The molecule has 0 radical (unpaired) electrons. The summed E-state index contributed by atoms with van der Waals surface area (Å²) in [6, 6.07) is 10.9. The number of imide groups is 1. The zero-order chi connectivity index (χ0) is 24.0. The summed E-state index contributed by atoms with van der Waals surface area (Å²) in [5.41, 5.74) is 3.93. The zero-order valence-electron chi connectivity index (χ0n) is 19.1. The molecule has 1 aliphatic carbocycles. The highest BCUT2D eigenvalue weighted by Crippen LogP contribution is 2.26. The fourth-order valence-corrected chi connectivity index (χ4v) is 5.61. The number of nitrogens with zero attached hydrogens (tertiary/aromatic N) is 3. The van der Waals surface area contributed by atoms with Crippen LogP contribution in [-0.4, -0.2) is 44.7 Å². The maximum absolute atomic E-state index is 11.8. The molecule has 0 spiro atoms. The number of thioether (sulfide) groups is 1. The smallest absolute Gasteiger partial charge is 0.290 e. The van der Waals surface area contributed by atoms with Gasteiger partial charge in [0.05, 0.1) is 16.3 Å². The zero-order valence-corrected chi connectivity index (χ0v) is 20.7. The van der Waals surface area contributed by atoms with Crippen molar-refractivity contribution in [2.45, 2.75) is 44.2 Å². The lowest BCUT2D eigenvalue weighted by Gasteiger charge is -2.29. The minimum atomic E-state index is -0.384. The summed E-state index contributed by atoms with van der Waals surface area (Å²) in [7, 11) is 0. The second-order valence-corrected chi connectivity index (χ2v) is 10.4. The number of carbonyl (C=O) groups is 2. The third kappa shape index (κ3) is 6.33. The average Bonchev–Trinajstić information content (AvgIpc) is 3.51. The lowest BCUT2D eigenvalue weighted by atomic mass is 9.91. The number of pyridine rings is 1. The second-order valence-electron chi connectivity index (χ2n) is 8.58. The van der Waals surface area contributed by atoms with Crippen LogP contribution in [0.3, 0.4) is 0 Å². The van der Waals surface area contributed by atoms with E-state index in [9.17, 15) is 9.59 Å². The van der Waals surface area contributed by atoms with Gasteiger partial charge in [-0.15, -0.1) is 0 Å². The highest BCUT2D eigenvalue weighted by atomic mass is 32.2. The fraction of sp³-hybridized carbons (Fsp3) is 0.320. The predicted molar refractivity (Wildman–Crippen MR) is 140 cm³/mol. The molecule has 0 unspecified atom stereocenters. The van der Waals surface area contributed by atoms with Crippen LogP contribution in [-0.2, 0) is 11.2 Å². The Morgan fingerprint density at radius 2 is 1.91 bits per heavy atom. The Morgan fingerprint density at radius 3 is 2.69 bits per heavy atom. The first-order valence-electron chi connectivity index (χ1n) is 11.7. The molecule has 35 heavy (non-hydrogen) atoms. The van der Waals surface area contributed by atoms with Crippen molar-refractivity contribution in [1.82, 2.24) is 25.6 Å².